The maximum Gasteiger partial charge on any atom is 0.160 e. The van der Waals surface area contributed by atoms with Gasteiger partial charge in [-0.25, -0.2) is 9.97 Å². The van der Waals surface area contributed by atoms with Gasteiger partial charge in [0.25, 0.3) is 0 Å². The molecule has 0 spiro atoms. The van der Waals surface area contributed by atoms with Crippen LogP contribution in [-0.2, 0) is 5.41 Å². The highest BCUT2D eigenvalue weighted by Crippen LogP contribution is 2.55. The Kier molecular flexibility index (Phi) is 6.01. The van der Waals surface area contributed by atoms with Gasteiger partial charge in [-0.3, -0.25) is 0 Å². The third kappa shape index (κ3) is 4.02. The molecule has 0 amide bonds. The minimum absolute atomic E-state index is 0.321. The molecule has 52 heavy (non-hydrogen) atoms. The van der Waals surface area contributed by atoms with E-state index in [4.69, 9.17) is 9.97 Å². The molecule has 7 aromatic carbocycles. The van der Waals surface area contributed by atoms with Crippen LogP contribution < -0.4 is 0 Å². The molecule has 1 aliphatic rings. The minimum Gasteiger partial charge on any atom is -0.308 e. The molecule has 1 aliphatic carbocycles. The number of fused-ring (bicyclic) bond motifs is 9. The van der Waals surface area contributed by atoms with E-state index in [1.165, 1.54) is 71.5 Å². The Morgan fingerprint density at radius 1 is 0.404 bits per heavy atom. The highest BCUT2D eigenvalue weighted by molar-refractivity contribution is 6.24. The zero-order valence-corrected chi connectivity index (χ0v) is 28.9. The Morgan fingerprint density at radius 3 is 1.42 bits per heavy atom. The summed E-state index contributed by atoms with van der Waals surface area (Å²) in [6.07, 6.45) is 0. The van der Waals surface area contributed by atoms with Gasteiger partial charge in [0.2, 0.25) is 0 Å². The zero-order chi connectivity index (χ0) is 34.6. The number of para-hydroxylation sites is 2. The molecule has 3 heterocycles. The van der Waals surface area contributed by atoms with Crippen LogP contribution in [0.5, 0.6) is 0 Å². The first-order chi connectivity index (χ1) is 25.6. The zero-order valence-electron chi connectivity index (χ0n) is 28.9. The van der Waals surface area contributed by atoms with Crippen molar-refractivity contribution in [1.82, 2.24) is 14.4 Å². The van der Waals surface area contributed by atoms with Gasteiger partial charge in [-0.15, -0.1) is 0 Å². The normalized spacial score (nSPS) is 13.3. The molecule has 0 radical (unpaired) electrons. The SMILES string of the molecule is CC1(C)c2c(-c3cc4c5ccccc5n5c6ccccc6c(c3)c45)cccc2-c2cccc(-c3nc(-c4ccccc4)cc(-c4ccccc4)n3)c21. The number of hydrogen-bond acceptors (Lipinski definition) is 2. The summed E-state index contributed by atoms with van der Waals surface area (Å²) in [5.41, 5.74) is 16.2. The van der Waals surface area contributed by atoms with E-state index in [2.05, 4.69) is 170 Å². The van der Waals surface area contributed by atoms with Gasteiger partial charge in [0, 0.05) is 43.7 Å². The molecule has 3 aromatic heterocycles. The Bertz CT molecular complexity index is 2880. The summed E-state index contributed by atoms with van der Waals surface area (Å²) in [5, 5.41) is 5.17. The molecule has 10 aromatic rings. The van der Waals surface area contributed by atoms with Crippen LogP contribution in [0.3, 0.4) is 0 Å². The first-order valence-electron chi connectivity index (χ1n) is 18.0. The first-order valence-corrected chi connectivity index (χ1v) is 18.0. The predicted molar refractivity (Wildman–Crippen MR) is 216 cm³/mol. The van der Waals surface area contributed by atoms with Crippen LogP contribution in [0, 0.1) is 0 Å². The molecule has 0 fully saturated rings. The average molecular weight is 664 g/mol. The number of hydrogen-bond donors (Lipinski definition) is 0. The van der Waals surface area contributed by atoms with Gasteiger partial charge in [0.15, 0.2) is 5.82 Å². The highest BCUT2D eigenvalue weighted by atomic mass is 14.9. The Morgan fingerprint density at radius 2 is 0.865 bits per heavy atom. The van der Waals surface area contributed by atoms with Crippen LogP contribution in [0.1, 0.15) is 25.0 Å². The van der Waals surface area contributed by atoms with Crippen molar-refractivity contribution in [1.29, 1.82) is 0 Å². The molecule has 0 unspecified atom stereocenters. The van der Waals surface area contributed by atoms with Gasteiger partial charge in [0.1, 0.15) is 0 Å². The maximum absolute atomic E-state index is 5.28. The van der Waals surface area contributed by atoms with Crippen molar-refractivity contribution in [3.8, 4) is 56.2 Å². The third-order valence-corrected chi connectivity index (χ3v) is 11.3. The molecule has 0 saturated heterocycles. The number of rotatable bonds is 4. The van der Waals surface area contributed by atoms with Crippen LogP contribution in [0.2, 0.25) is 0 Å². The fourth-order valence-corrected chi connectivity index (χ4v) is 9.14. The molecule has 3 nitrogen and oxygen atoms in total. The standard InChI is InChI=1S/C49H33N3/c1-49(2)45-33(32-27-39-34-19-9-11-25-43(34)52-44-26-12-10-20-35(44)40(28-32)47(39)52)21-13-22-36(45)37-23-14-24-38(46(37)49)48-50-41(30-15-5-3-6-16-30)29-42(51-48)31-17-7-4-8-18-31/h3-29H,1-2H3. The maximum atomic E-state index is 5.28. The lowest BCUT2D eigenvalue weighted by atomic mass is 9.77. The molecule has 11 rings (SSSR count). The molecule has 0 aliphatic heterocycles. The Balaban J connectivity index is 1.14. The van der Waals surface area contributed by atoms with Crippen molar-refractivity contribution in [2.24, 2.45) is 0 Å². The minimum atomic E-state index is -0.321. The quantitative estimate of drug-likeness (QED) is 0.188. The van der Waals surface area contributed by atoms with E-state index in [9.17, 15) is 0 Å². The molecule has 0 N–H and O–H groups in total. The largest absolute Gasteiger partial charge is 0.308 e. The second-order valence-electron chi connectivity index (χ2n) is 14.6. The van der Waals surface area contributed by atoms with Crippen LogP contribution in [0.4, 0.5) is 0 Å². The van der Waals surface area contributed by atoms with Crippen molar-refractivity contribution in [2.45, 2.75) is 19.3 Å². The summed E-state index contributed by atoms with van der Waals surface area (Å²) < 4.78 is 2.45. The second kappa shape index (κ2) is 10.7. The molecular formula is C49H33N3. The second-order valence-corrected chi connectivity index (χ2v) is 14.6. The van der Waals surface area contributed by atoms with Crippen molar-refractivity contribution < 1.29 is 0 Å². The molecule has 0 bridgehead atoms. The monoisotopic (exact) mass is 663 g/mol. The number of benzene rings is 7. The van der Waals surface area contributed by atoms with Crippen LogP contribution in [-0.4, -0.2) is 14.4 Å². The van der Waals surface area contributed by atoms with Gasteiger partial charge in [-0.1, -0.05) is 147 Å². The van der Waals surface area contributed by atoms with E-state index in [0.717, 1.165) is 33.9 Å². The Hall–Kier alpha value is -6.58. The molecule has 0 atom stereocenters. The summed E-state index contributed by atoms with van der Waals surface area (Å²) in [4.78, 5) is 10.6. The van der Waals surface area contributed by atoms with E-state index >= 15 is 0 Å². The van der Waals surface area contributed by atoms with Crippen molar-refractivity contribution in [3.63, 3.8) is 0 Å². The van der Waals surface area contributed by atoms with Crippen molar-refractivity contribution in [3.05, 3.63) is 175 Å². The van der Waals surface area contributed by atoms with Gasteiger partial charge in [-0.2, -0.15) is 0 Å². The molecular weight excluding hydrogens is 631 g/mol. The summed E-state index contributed by atoms with van der Waals surface area (Å²) in [6.45, 7) is 4.76. The highest BCUT2D eigenvalue weighted by Gasteiger charge is 2.40. The lowest BCUT2D eigenvalue weighted by Crippen LogP contribution is -2.18. The summed E-state index contributed by atoms with van der Waals surface area (Å²) in [6, 6.07) is 59.0. The topological polar surface area (TPSA) is 30.2 Å². The van der Waals surface area contributed by atoms with Gasteiger partial charge in [0.05, 0.1) is 27.9 Å². The van der Waals surface area contributed by atoms with Crippen molar-refractivity contribution >= 4 is 38.1 Å². The Labute approximate surface area is 301 Å². The molecule has 244 valence electrons. The predicted octanol–water partition coefficient (Wildman–Crippen LogP) is 12.6. The van der Waals surface area contributed by atoms with E-state index in [1.807, 2.05) is 12.1 Å². The first kappa shape index (κ1) is 29.2. The summed E-state index contributed by atoms with van der Waals surface area (Å²) in [7, 11) is 0. The summed E-state index contributed by atoms with van der Waals surface area (Å²) >= 11 is 0. The van der Waals surface area contributed by atoms with Gasteiger partial charge >= 0.3 is 0 Å². The van der Waals surface area contributed by atoms with Gasteiger partial charge in [-0.05, 0) is 63.7 Å². The van der Waals surface area contributed by atoms with Crippen LogP contribution >= 0.6 is 0 Å². The fourth-order valence-electron chi connectivity index (χ4n) is 9.14. The third-order valence-electron chi connectivity index (χ3n) is 11.3. The van der Waals surface area contributed by atoms with Crippen LogP contribution in [0.25, 0.3) is 94.3 Å². The number of aromatic nitrogens is 3. The summed E-state index contributed by atoms with van der Waals surface area (Å²) in [5.74, 6) is 0.749. The fraction of sp³-hybridized carbons (Fsp3) is 0.0612. The molecule has 3 heteroatoms. The smallest absolute Gasteiger partial charge is 0.160 e. The van der Waals surface area contributed by atoms with E-state index in [0.29, 0.717) is 0 Å². The average Bonchev–Trinajstić information content (AvgIpc) is 3.81. The van der Waals surface area contributed by atoms with E-state index in [1.54, 1.807) is 0 Å². The number of nitrogens with zero attached hydrogens (tertiary/aromatic N) is 3. The lowest BCUT2D eigenvalue weighted by molar-refractivity contribution is 0.663. The lowest BCUT2D eigenvalue weighted by Gasteiger charge is -2.26. The molecule has 0 saturated carbocycles. The van der Waals surface area contributed by atoms with E-state index < -0.39 is 0 Å². The van der Waals surface area contributed by atoms with Crippen LogP contribution in [0.15, 0.2) is 164 Å². The van der Waals surface area contributed by atoms with Crippen molar-refractivity contribution in [2.75, 3.05) is 0 Å². The van der Waals surface area contributed by atoms with Gasteiger partial charge < -0.3 is 4.40 Å². The van der Waals surface area contributed by atoms with E-state index in [-0.39, 0.29) is 5.41 Å².